The lowest BCUT2D eigenvalue weighted by Gasteiger charge is -2.36. The zero-order valence-corrected chi connectivity index (χ0v) is 27.7. The van der Waals surface area contributed by atoms with Gasteiger partial charge in [-0.3, -0.25) is 0 Å². The molecule has 4 heteroatoms. The van der Waals surface area contributed by atoms with Crippen LogP contribution < -0.4 is 0 Å². The Hall–Kier alpha value is -4.70. The lowest BCUT2D eigenvalue weighted by atomic mass is 9.74. The van der Waals surface area contributed by atoms with E-state index < -0.39 is 11.2 Å². The lowest BCUT2D eigenvalue weighted by Crippen LogP contribution is -2.40. The van der Waals surface area contributed by atoms with E-state index in [1.807, 2.05) is 165 Å². The Kier molecular flexibility index (Phi) is 10.3. The molecule has 0 bridgehead atoms. The van der Waals surface area contributed by atoms with Gasteiger partial charge in [0.05, 0.1) is 11.1 Å². The fourth-order valence-corrected chi connectivity index (χ4v) is 6.31. The van der Waals surface area contributed by atoms with Crippen molar-refractivity contribution >= 4 is 34.2 Å². The van der Waals surface area contributed by atoms with Crippen LogP contribution in [0.4, 0.5) is 0 Å². The van der Waals surface area contributed by atoms with E-state index in [0.29, 0.717) is 11.1 Å². The average Bonchev–Trinajstić information content (AvgIpc) is 3.47. The minimum atomic E-state index is -1.07. The first-order valence-corrected chi connectivity index (χ1v) is 15.9. The number of benzene rings is 4. The molecule has 4 aromatic rings. The van der Waals surface area contributed by atoms with Crippen LogP contribution in [-0.4, -0.2) is 23.1 Å². The quantitative estimate of drug-likeness (QED) is 0.207. The SMILES string of the molecule is CC.CC.Cc1ccc(C2=C(c3ccccc3)C(=O)OC2(C)CC2(C)OC(=O)C(c3ccccc3)=C2c2ccc(C)cc2)cc1. The van der Waals surface area contributed by atoms with Gasteiger partial charge in [0.1, 0.15) is 11.2 Å². The molecule has 0 saturated carbocycles. The second-order valence-electron chi connectivity index (χ2n) is 11.4. The summed E-state index contributed by atoms with van der Waals surface area (Å²) in [5.74, 6) is -0.766. The highest BCUT2D eigenvalue weighted by atomic mass is 16.6. The molecule has 232 valence electrons. The minimum Gasteiger partial charge on any atom is -0.451 e. The molecule has 45 heavy (non-hydrogen) atoms. The van der Waals surface area contributed by atoms with E-state index in [9.17, 15) is 9.59 Å². The number of esters is 2. The molecule has 0 spiro atoms. The zero-order chi connectivity index (χ0) is 32.8. The zero-order valence-electron chi connectivity index (χ0n) is 27.7. The Morgan fingerprint density at radius 1 is 0.467 bits per heavy atom. The highest BCUT2D eigenvalue weighted by Crippen LogP contribution is 2.53. The fraction of sp³-hybridized carbons (Fsp3) is 0.268. The number of carbonyl (C=O) groups is 2. The number of hydrogen-bond donors (Lipinski definition) is 0. The molecule has 2 aliphatic rings. The smallest absolute Gasteiger partial charge is 0.340 e. The van der Waals surface area contributed by atoms with Gasteiger partial charge < -0.3 is 9.47 Å². The number of ether oxygens (including phenoxy) is 2. The number of aryl methyl sites for hydroxylation is 2. The summed E-state index contributed by atoms with van der Waals surface area (Å²) in [6, 6.07) is 35.5. The first-order valence-electron chi connectivity index (χ1n) is 15.9. The molecular weight excluding hydrogens is 556 g/mol. The fourth-order valence-electron chi connectivity index (χ4n) is 6.31. The van der Waals surface area contributed by atoms with Crippen LogP contribution >= 0.6 is 0 Å². The van der Waals surface area contributed by atoms with Crippen molar-refractivity contribution in [2.75, 3.05) is 0 Å². The molecule has 0 saturated heterocycles. The molecule has 0 aromatic heterocycles. The van der Waals surface area contributed by atoms with Gasteiger partial charge in [-0.25, -0.2) is 9.59 Å². The van der Waals surface area contributed by atoms with Crippen molar-refractivity contribution in [1.29, 1.82) is 0 Å². The second-order valence-corrected chi connectivity index (χ2v) is 11.4. The van der Waals surface area contributed by atoms with E-state index in [-0.39, 0.29) is 18.4 Å². The molecule has 2 unspecified atom stereocenters. The van der Waals surface area contributed by atoms with Gasteiger partial charge in [0.25, 0.3) is 0 Å². The first kappa shape index (κ1) is 33.2. The molecule has 6 rings (SSSR count). The van der Waals surface area contributed by atoms with Crippen LogP contribution in [0.1, 0.15) is 81.3 Å². The maximum atomic E-state index is 13.7. The third-order valence-electron chi connectivity index (χ3n) is 8.08. The summed E-state index contributed by atoms with van der Waals surface area (Å²) in [5, 5.41) is 0. The van der Waals surface area contributed by atoms with Crippen molar-refractivity contribution in [2.24, 2.45) is 0 Å². The predicted octanol–water partition coefficient (Wildman–Crippen LogP) is 9.90. The third kappa shape index (κ3) is 6.56. The van der Waals surface area contributed by atoms with E-state index in [0.717, 1.165) is 44.5 Å². The first-order chi connectivity index (χ1) is 21.7. The molecule has 0 N–H and O–H groups in total. The van der Waals surface area contributed by atoms with Gasteiger partial charge in [0, 0.05) is 17.6 Å². The third-order valence-corrected chi connectivity index (χ3v) is 8.08. The molecule has 2 heterocycles. The highest BCUT2D eigenvalue weighted by Gasteiger charge is 2.54. The number of rotatable bonds is 6. The van der Waals surface area contributed by atoms with Gasteiger partial charge in [-0.2, -0.15) is 0 Å². The maximum Gasteiger partial charge on any atom is 0.340 e. The van der Waals surface area contributed by atoms with Crippen molar-refractivity contribution in [3.05, 3.63) is 143 Å². The predicted molar refractivity (Wildman–Crippen MR) is 185 cm³/mol. The Bertz CT molecular complexity index is 1570. The van der Waals surface area contributed by atoms with Gasteiger partial charge in [-0.15, -0.1) is 0 Å². The van der Waals surface area contributed by atoms with E-state index in [2.05, 4.69) is 0 Å². The van der Waals surface area contributed by atoms with Gasteiger partial charge in [0.15, 0.2) is 0 Å². The van der Waals surface area contributed by atoms with Crippen LogP contribution in [0, 0.1) is 13.8 Å². The van der Waals surface area contributed by atoms with Crippen molar-refractivity contribution in [1.82, 2.24) is 0 Å². The Morgan fingerprint density at radius 3 is 1.09 bits per heavy atom. The molecule has 0 aliphatic carbocycles. The maximum absolute atomic E-state index is 13.7. The molecule has 4 nitrogen and oxygen atoms in total. The molecule has 0 amide bonds. The van der Waals surface area contributed by atoms with E-state index >= 15 is 0 Å². The summed E-state index contributed by atoms with van der Waals surface area (Å²) < 4.78 is 12.6. The number of carbonyl (C=O) groups excluding carboxylic acids is 2. The normalized spacial score (nSPS) is 20.5. The molecule has 4 aromatic carbocycles. The van der Waals surface area contributed by atoms with Crippen LogP contribution in [-0.2, 0) is 19.1 Å². The van der Waals surface area contributed by atoms with Crippen LogP contribution in [0.3, 0.4) is 0 Å². The van der Waals surface area contributed by atoms with Crippen LogP contribution in [0.5, 0.6) is 0 Å². The van der Waals surface area contributed by atoms with Crippen molar-refractivity contribution in [2.45, 2.75) is 73.0 Å². The van der Waals surface area contributed by atoms with E-state index in [1.54, 1.807) is 0 Å². The highest BCUT2D eigenvalue weighted by molar-refractivity contribution is 6.30. The van der Waals surface area contributed by atoms with Gasteiger partial charge in [-0.1, -0.05) is 148 Å². The van der Waals surface area contributed by atoms with E-state index in [4.69, 9.17) is 9.47 Å². The van der Waals surface area contributed by atoms with Crippen LogP contribution in [0.25, 0.3) is 22.3 Å². The Balaban J connectivity index is 0.00000111. The molecule has 2 atom stereocenters. The minimum absolute atomic E-state index is 0.247. The summed E-state index contributed by atoms with van der Waals surface area (Å²) in [6.07, 6.45) is 0.247. The van der Waals surface area contributed by atoms with Gasteiger partial charge >= 0.3 is 11.9 Å². The molecular formula is C41H44O4. The average molecular weight is 601 g/mol. The molecule has 0 fully saturated rings. The van der Waals surface area contributed by atoms with Crippen molar-refractivity contribution in [3.8, 4) is 0 Å². The van der Waals surface area contributed by atoms with Gasteiger partial charge in [0.2, 0.25) is 0 Å². The monoisotopic (exact) mass is 600 g/mol. The Morgan fingerprint density at radius 2 is 0.778 bits per heavy atom. The van der Waals surface area contributed by atoms with E-state index in [1.165, 1.54) is 0 Å². The Labute approximate surface area is 268 Å². The van der Waals surface area contributed by atoms with Crippen LogP contribution in [0.2, 0.25) is 0 Å². The van der Waals surface area contributed by atoms with Crippen LogP contribution in [0.15, 0.2) is 109 Å². The topological polar surface area (TPSA) is 52.6 Å². The summed E-state index contributed by atoms with van der Waals surface area (Å²) in [4.78, 5) is 27.3. The van der Waals surface area contributed by atoms with Crippen molar-refractivity contribution < 1.29 is 19.1 Å². The summed E-state index contributed by atoms with van der Waals surface area (Å²) in [6.45, 7) is 15.9. The van der Waals surface area contributed by atoms with Crippen molar-refractivity contribution in [3.63, 3.8) is 0 Å². The van der Waals surface area contributed by atoms with Gasteiger partial charge in [-0.05, 0) is 49.9 Å². The molecule has 2 aliphatic heterocycles. The standard InChI is InChI=1S/C37H32O4.2C2H6/c1-24-15-19-28(20-16-24)32-30(26-11-7-5-8-12-26)34(38)40-36(32,3)23-37(4)33(29-21-17-25(2)18-22-29)31(35(39)41-37)27-13-9-6-10-14-27;2*1-2/h5-22H,23H2,1-4H3;2*1-2H3. The second kappa shape index (κ2) is 13.9. The lowest BCUT2D eigenvalue weighted by molar-refractivity contribution is -0.151. The summed E-state index contributed by atoms with van der Waals surface area (Å²) in [5.41, 5.74) is 6.15. The summed E-state index contributed by atoms with van der Waals surface area (Å²) in [7, 11) is 0. The number of hydrogen-bond acceptors (Lipinski definition) is 4. The summed E-state index contributed by atoms with van der Waals surface area (Å²) >= 11 is 0. The molecule has 0 radical (unpaired) electrons. The largest absolute Gasteiger partial charge is 0.451 e. The number of cyclic esters (lactones) is 2.